The lowest BCUT2D eigenvalue weighted by Gasteiger charge is -2.24. The van der Waals surface area contributed by atoms with E-state index < -0.39 is 17.1 Å². The lowest BCUT2D eigenvalue weighted by atomic mass is 10.1. The minimum Gasteiger partial charge on any atom is -0.492 e. The third-order valence-electron chi connectivity index (χ3n) is 4.94. The highest BCUT2D eigenvalue weighted by Crippen LogP contribution is 2.42. The Kier molecular flexibility index (Phi) is 3.50. The molecule has 1 atom stereocenters. The van der Waals surface area contributed by atoms with Crippen LogP contribution in [0.15, 0.2) is 15.7 Å². The minimum atomic E-state index is -0.737. The maximum atomic E-state index is 14.9. The molecule has 2 aromatic rings. The zero-order chi connectivity index (χ0) is 17.9. The summed E-state index contributed by atoms with van der Waals surface area (Å²) in [6.07, 6.45) is 2.34. The Morgan fingerprint density at radius 2 is 2.00 bits per heavy atom. The number of methoxy groups -OCH3 is 1. The Hall–Kier alpha value is -2.55. The van der Waals surface area contributed by atoms with Gasteiger partial charge in [0.1, 0.15) is 11.2 Å². The number of hydrogen-bond acceptors (Lipinski definition) is 6. The fourth-order valence-corrected chi connectivity index (χ4v) is 3.59. The number of fused-ring (bicyclic) bond motifs is 1. The third kappa shape index (κ3) is 2.30. The molecule has 1 saturated carbocycles. The topological polar surface area (TPSA) is 109 Å². The van der Waals surface area contributed by atoms with Gasteiger partial charge in [0.05, 0.1) is 12.5 Å². The predicted molar refractivity (Wildman–Crippen MR) is 92.2 cm³/mol. The highest BCUT2D eigenvalue weighted by molar-refractivity contribution is 5.91. The number of nitrogens with zero attached hydrogens (tertiary/aromatic N) is 3. The molecule has 4 N–H and O–H groups in total. The zero-order valence-electron chi connectivity index (χ0n) is 13.9. The molecule has 0 unspecified atom stereocenters. The van der Waals surface area contributed by atoms with E-state index >= 15 is 0 Å². The van der Waals surface area contributed by atoms with Crippen molar-refractivity contribution < 1.29 is 9.13 Å². The monoisotopic (exact) mass is 349 g/mol. The van der Waals surface area contributed by atoms with Crippen molar-refractivity contribution in [2.24, 2.45) is 5.73 Å². The molecule has 2 heterocycles. The van der Waals surface area contributed by atoms with Gasteiger partial charge >= 0.3 is 5.69 Å². The molecular formula is C16H20FN5O3. The standard InChI is InChI=1S/C16H20FN5O3/c1-25-14-12-10(6-11(17)13(14)20-5-4-8(18)7-20)15(23)22(19)16(24)21(12)9-2-3-9/h6,8-9H,2-5,7,18-19H2,1H3/t8-/m0/s1. The maximum Gasteiger partial charge on any atom is 0.350 e. The molecule has 1 aliphatic carbocycles. The third-order valence-corrected chi connectivity index (χ3v) is 4.94. The highest BCUT2D eigenvalue weighted by atomic mass is 19.1. The number of benzene rings is 1. The quantitative estimate of drug-likeness (QED) is 0.749. The predicted octanol–water partition coefficient (Wildman–Crippen LogP) is -0.103. The number of anilines is 1. The molecule has 0 bridgehead atoms. The lowest BCUT2D eigenvalue weighted by Crippen LogP contribution is -2.44. The van der Waals surface area contributed by atoms with Gasteiger partial charge < -0.3 is 21.2 Å². The van der Waals surface area contributed by atoms with Gasteiger partial charge in [-0.05, 0) is 25.3 Å². The van der Waals surface area contributed by atoms with Crippen LogP contribution >= 0.6 is 0 Å². The molecule has 8 nitrogen and oxygen atoms in total. The fourth-order valence-electron chi connectivity index (χ4n) is 3.59. The second-order valence-corrected chi connectivity index (χ2v) is 6.69. The molecule has 1 aromatic heterocycles. The summed E-state index contributed by atoms with van der Waals surface area (Å²) >= 11 is 0. The van der Waals surface area contributed by atoms with Crippen LogP contribution in [0, 0.1) is 5.82 Å². The molecule has 2 fully saturated rings. The van der Waals surface area contributed by atoms with Crippen LogP contribution in [0.5, 0.6) is 5.75 Å². The summed E-state index contributed by atoms with van der Waals surface area (Å²) in [5.74, 6) is 5.21. The molecule has 9 heteroatoms. The fraction of sp³-hybridized carbons (Fsp3) is 0.500. The van der Waals surface area contributed by atoms with Gasteiger partial charge in [0.25, 0.3) is 5.56 Å². The number of nitrogen functional groups attached to an aromatic ring is 1. The first kappa shape index (κ1) is 15.9. The SMILES string of the molecule is COc1c(N2CC[C@H](N)C2)c(F)cc2c(=O)n(N)c(=O)n(C3CC3)c12. The van der Waals surface area contributed by atoms with E-state index in [1.807, 2.05) is 0 Å². The van der Waals surface area contributed by atoms with E-state index in [0.29, 0.717) is 23.3 Å². The molecular weight excluding hydrogens is 329 g/mol. The van der Waals surface area contributed by atoms with Crippen molar-refractivity contribution in [1.82, 2.24) is 9.24 Å². The lowest BCUT2D eigenvalue weighted by molar-refractivity contribution is 0.412. The Morgan fingerprint density at radius 3 is 2.56 bits per heavy atom. The number of nitrogens with two attached hydrogens (primary N) is 2. The van der Waals surface area contributed by atoms with E-state index in [2.05, 4.69) is 0 Å². The van der Waals surface area contributed by atoms with Crippen LogP contribution in [-0.4, -0.2) is 35.5 Å². The van der Waals surface area contributed by atoms with Gasteiger partial charge in [-0.3, -0.25) is 9.36 Å². The van der Waals surface area contributed by atoms with Crippen LogP contribution in [0.2, 0.25) is 0 Å². The maximum absolute atomic E-state index is 14.9. The van der Waals surface area contributed by atoms with E-state index in [1.165, 1.54) is 11.7 Å². The van der Waals surface area contributed by atoms with Crippen molar-refractivity contribution in [3.8, 4) is 5.75 Å². The first-order chi connectivity index (χ1) is 11.9. The summed E-state index contributed by atoms with van der Waals surface area (Å²) in [5, 5.41) is 0.0376. The van der Waals surface area contributed by atoms with Gasteiger partial charge in [-0.2, -0.15) is 4.68 Å². The molecule has 1 aliphatic heterocycles. The van der Waals surface area contributed by atoms with Gasteiger partial charge in [0, 0.05) is 25.2 Å². The number of rotatable bonds is 3. The summed E-state index contributed by atoms with van der Waals surface area (Å²) in [6, 6.07) is 1.03. The molecule has 25 heavy (non-hydrogen) atoms. The number of aromatic nitrogens is 2. The van der Waals surface area contributed by atoms with E-state index in [1.54, 1.807) is 4.90 Å². The van der Waals surface area contributed by atoms with Crippen molar-refractivity contribution in [3.05, 3.63) is 32.7 Å². The Labute approximate surface area is 142 Å². The van der Waals surface area contributed by atoms with Gasteiger partial charge in [0.2, 0.25) is 0 Å². The van der Waals surface area contributed by atoms with E-state index in [-0.39, 0.29) is 28.9 Å². The van der Waals surface area contributed by atoms with Crippen LogP contribution in [0.4, 0.5) is 10.1 Å². The van der Waals surface area contributed by atoms with Crippen molar-refractivity contribution in [2.75, 3.05) is 30.9 Å². The van der Waals surface area contributed by atoms with Crippen LogP contribution in [0.25, 0.3) is 10.9 Å². The number of ether oxygens (including phenoxy) is 1. The second-order valence-electron chi connectivity index (χ2n) is 6.69. The molecule has 0 amide bonds. The number of halogens is 1. The Morgan fingerprint density at radius 1 is 1.28 bits per heavy atom. The smallest absolute Gasteiger partial charge is 0.350 e. The van der Waals surface area contributed by atoms with Gasteiger partial charge in [0.15, 0.2) is 11.6 Å². The zero-order valence-corrected chi connectivity index (χ0v) is 13.9. The van der Waals surface area contributed by atoms with Crippen LogP contribution < -0.4 is 32.5 Å². The van der Waals surface area contributed by atoms with E-state index in [9.17, 15) is 14.0 Å². The van der Waals surface area contributed by atoms with Crippen molar-refractivity contribution >= 4 is 16.6 Å². The molecule has 0 spiro atoms. The molecule has 1 aromatic carbocycles. The first-order valence-electron chi connectivity index (χ1n) is 8.27. The molecule has 2 aliphatic rings. The van der Waals surface area contributed by atoms with E-state index in [4.69, 9.17) is 16.3 Å². The summed E-state index contributed by atoms with van der Waals surface area (Å²) < 4.78 is 22.3. The average Bonchev–Trinajstić information content (AvgIpc) is 3.33. The van der Waals surface area contributed by atoms with Crippen LogP contribution in [0.3, 0.4) is 0 Å². The van der Waals surface area contributed by atoms with Gasteiger partial charge in [-0.15, -0.1) is 0 Å². The second kappa shape index (κ2) is 5.48. The summed E-state index contributed by atoms with van der Waals surface area (Å²) in [7, 11) is 1.41. The largest absolute Gasteiger partial charge is 0.492 e. The summed E-state index contributed by atoms with van der Waals surface area (Å²) in [6.45, 7) is 1.07. The van der Waals surface area contributed by atoms with Crippen LogP contribution in [0.1, 0.15) is 25.3 Å². The van der Waals surface area contributed by atoms with Gasteiger partial charge in [-0.25, -0.2) is 9.18 Å². The van der Waals surface area contributed by atoms with Gasteiger partial charge in [-0.1, -0.05) is 0 Å². The average molecular weight is 349 g/mol. The van der Waals surface area contributed by atoms with Crippen molar-refractivity contribution in [3.63, 3.8) is 0 Å². The number of hydrogen-bond donors (Lipinski definition) is 2. The van der Waals surface area contributed by atoms with Crippen molar-refractivity contribution in [2.45, 2.75) is 31.3 Å². The van der Waals surface area contributed by atoms with E-state index in [0.717, 1.165) is 25.3 Å². The molecule has 0 radical (unpaired) electrons. The summed E-state index contributed by atoms with van der Waals surface area (Å²) in [4.78, 5) is 26.8. The Bertz CT molecular complexity index is 979. The Balaban J connectivity index is 2.11. The summed E-state index contributed by atoms with van der Waals surface area (Å²) in [5.41, 5.74) is 5.13. The minimum absolute atomic E-state index is 0.0376. The molecule has 4 rings (SSSR count). The first-order valence-corrected chi connectivity index (χ1v) is 8.27. The highest BCUT2D eigenvalue weighted by Gasteiger charge is 2.33. The normalized spacial score (nSPS) is 20.4. The molecule has 134 valence electrons. The molecule has 1 saturated heterocycles. The van der Waals surface area contributed by atoms with Crippen molar-refractivity contribution in [1.29, 1.82) is 0 Å². The van der Waals surface area contributed by atoms with Crippen LogP contribution in [-0.2, 0) is 0 Å².